The van der Waals surface area contributed by atoms with Crippen LogP contribution >= 0.6 is 0 Å². The Morgan fingerprint density at radius 1 is 0.906 bits per heavy atom. The first-order chi connectivity index (χ1) is 15.7. The first-order valence-corrected chi connectivity index (χ1v) is 12.3. The van der Waals surface area contributed by atoms with Crippen molar-refractivity contribution < 1.29 is 9.63 Å². The topological polar surface area (TPSA) is 44.8 Å². The third-order valence-corrected chi connectivity index (χ3v) is 7.44. The largest absolute Gasteiger partial charge is 0.426 e. The fourth-order valence-corrected chi connectivity index (χ4v) is 5.73. The number of rotatable bonds is 7. The maximum Gasteiger partial charge on any atom is 0.426 e. The number of hydrogen-bond acceptors (Lipinski definition) is 4. The highest BCUT2D eigenvalue weighted by atomic mass is 16.7. The molecule has 0 aromatic heterocycles. The molecular formula is C27H35N3O2. The number of benzene rings is 2. The number of nitrogens with zero attached hydrogens (tertiary/aromatic N) is 2. The van der Waals surface area contributed by atoms with Crippen LogP contribution in [0.1, 0.15) is 61.1 Å². The lowest BCUT2D eigenvalue weighted by atomic mass is 9.86. The molecule has 0 spiro atoms. The molecule has 3 heterocycles. The van der Waals surface area contributed by atoms with Crippen molar-refractivity contribution in [2.75, 3.05) is 19.6 Å². The van der Waals surface area contributed by atoms with Crippen molar-refractivity contribution in [3.05, 3.63) is 71.3 Å². The highest BCUT2D eigenvalue weighted by Gasteiger charge is 2.43. The summed E-state index contributed by atoms with van der Waals surface area (Å²) in [6, 6.07) is 20.3. The molecule has 0 saturated carbocycles. The number of nitrogens with one attached hydrogen (secondary N) is 1. The van der Waals surface area contributed by atoms with Crippen LogP contribution in [0.4, 0.5) is 4.79 Å². The van der Waals surface area contributed by atoms with Gasteiger partial charge in [-0.25, -0.2) is 4.79 Å². The number of likely N-dealkylation sites (tertiary alicyclic amines) is 1. The van der Waals surface area contributed by atoms with Gasteiger partial charge in [0.1, 0.15) is 0 Å². The Kier molecular flexibility index (Phi) is 6.75. The van der Waals surface area contributed by atoms with Gasteiger partial charge in [0.05, 0.1) is 0 Å². The van der Waals surface area contributed by atoms with Crippen molar-refractivity contribution in [2.45, 2.75) is 69.5 Å². The molecule has 0 aliphatic carbocycles. The number of fused-ring (bicyclic) bond motifs is 2. The molecule has 170 valence electrons. The summed E-state index contributed by atoms with van der Waals surface area (Å²) in [4.78, 5) is 20.7. The summed E-state index contributed by atoms with van der Waals surface area (Å²) in [5, 5.41) is 4.94. The molecule has 2 atom stereocenters. The van der Waals surface area contributed by atoms with E-state index in [-0.39, 0.29) is 6.09 Å². The van der Waals surface area contributed by atoms with Crippen LogP contribution < -0.4 is 5.32 Å². The fraction of sp³-hybridized carbons (Fsp3) is 0.519. The third kappa shape index (κ3) is 5.16. The minimum atomic E-state index is -0.314. The lowest BCUT2D eigenvalue weighted by molar-refractivity contribution is -0.155. The van der Waals surface area contributed by atoms with Crippen LogP contribution in [0.25, 0.3) is 0 Å². The van der Waals surface area contributed by atoms with E-state index in [1.165, 1.54) is 42.6 Å². The Hall–Kier alpha value is -2.37. The van der Waals surface area contributed by atoms with E-state index in [1.807, 2.05) is 5.06 Å². The average molecular weight is 434 g/mol. The molecule has 2 aromatic rings. The first kappa shape index (κ1) is 21.5. The maximum absolute atomic E-state index is 12.4. The molecule has 3 fully saturated rings. The van der Waals surface area contributed by atoms with Gasteiger partial charge in [0.15, 0.2) is 0 Å². The molecule has 2 bridgehead atoms. The van der Waals surface area contributed by atoms with Crippen molar-refractivity contribution in [3.63, 3.8) is 0 Å². The van der Waals surface area contributed by atoms with E-state index in [2.05, 4.69) is 64.8 Å². The van der Waals surface area contributed by atoms with Crippen molar-refractivity contribution in [3.8, 4) is 0 Å². The van der Waals surface area contributed by atoms with E-state index in [1.54, 1.807) is 0 Å². The molecule has 3 aliphatic rings. The van der Waals surface area contributed by atoms with Gasteiger partial charge in [-0.3, -0.25) is 4.90 Å². The van der Waals surface area contributed by atoms with Gasteiger partial charge in [0.2, 0.25) is 0 Å². The van der Waals surface area contributed by atoms with Crippen LogP contribution in [-0.2, 0) is 17.8 Å². The maximum atomic E-state index is 12.4. The zero-order valence-electron chi connectivity index (χ0n) is 18.9. The van der Waals surface area contributed by atoms with E-state index >= 15 is 0 Å². The molecule has 2 aromatic carbocycles. The van der Waals surface area contributed by atoms with Crippen molar-refractivity contribution in [2.24, 2.45) is 0 Å². The lowest BCUT2D eigenvalue weighted by Crippen LogP contribution is -2.45. The highest BCUT2D eigenvalue weighted by Crippen LogP contribution is 2.43. The van der Waals surface area contributed by atoms with Crippen LogP contribution in [0, 0.1) is 0 Å². The molecule has 5 heteroatoms. The second kappa shape index (κ2) is 10.1. The van der Waals surface area contributed by atoms with Crippen LogP contribution in [0.15, 0.2) is 54.6 Å². The van der Waals surface area contributed by atoms with Crippen LogP contribution in [0.5, 0.6) is 0 Å². The van der Waals surface area contributed by atoms with Gasteiger partial charge >= 0.3 is 6.09 Å². The number of piperidine rings is 1. The molecule has 0 radical (unpaired) electrons. The van der Waals surface area contributed by atoms with Gasteiger partial charge in [-0.2, -0.15) is 0 Å². The summed E-state index contributed by atoms with van der Waals surface area (Å²) < 4.78 is 0. The van der Waals surface area contributed by atoms with Gasteiger partial charge in [0, 0.05) is 25.2 Å². The molecule has 1 N–H and O–H groups in total. The van der Waals surface area contributed by atoms with E-state index in [9.17, 15) is 4.79 Å². The zero-order valence-corrected chi connectivity index (χ0v) is 18.9. The Labute approximate surface area is 191 Å². The Bertz CT molecular complexity index is 866. The monoisotopic (exact) mass is 433 g/mol. The molecule has 2 unspecified atom stereocenters. The summed E-state index contributed by atoms with van der Waals surface area (Å²) in [5.41, 5.74) is 4.04. The van der Waals surface area contributed by atoms with E-state index in [0.29, 0.717) is 24.5 Å². The van der Waals surface area contributed by atoms with E-state index in [4.69, 9.17) is 4.84 Å². The van der Waals surface area contributed by atoms with Gasteiger partial charge in [-0.15, -0.1) is 5.06 Å². The number of carbonyl (C=O) groups excluding carboxylic acids is 1. The fourth-order valence-electron chi connectivity index (χ4n) is 5.73. The summed E-state index contributed by atoms with van der Waals surface area (Å²) in [6.45, 7) is 4.09. The quantitative estimate of drug-likeness (QED) is 0.676. The summed E-state index contributed by atoms with van der Waals surface area (Å²) in [5.74, 6) is 0.574. The van der Waals surface area contributed by atoms with Crippen LogP contribution in [-0.4, -0.2) is 47.8 Å². The van der Waals surface area contributed by atoms with Gasteiger partial charge in [-0.05, 0) is 80.6 Å². The molecule has 3 saturated heterocycles. The molecule has 32 heavy (non-hydrogen) atoms. The summed E-state index contributed by atoms with van der Waals surface area (Å²) >= 11 is 0. The Morgan fingerprint density at radius 2 is 1.56 bits per heavy atom. The molecular weight excluding hydrogens is 398 g/mol. The molecule has 3 aliphatic heterocycles. The SMILES string of the molecule is O=C(NCCc1ccc(CN2CCCC2)cc1)ON1C2CCC1CC(c1ccccc1)C2. The molecule has 1 amide bonds. The Balaban J connectivity index is 1.05. The highest BCUT2D eigenvalue weighted by molar-refractivity contribution is 5.66. The molecule has 5 nitrogen and oxygen atoms in total. The standard InChI is InChI=1S/C27H35N3O2/c31-27(28-15-14-21-8-10-22(11-9-21)20-29-16-4-5-17-29)32-30-25-12-13-26(30)19-24(18-25)23-6-2-1-3-7-23/h1-3,6-11,24-26H,4-5,12-20H2,(H,28,31). The summed E-state index contributed by atoms with van der Waals surface area (Å²) in [7, 11) is 0. The van der Waals surface area contributed by atoms with Crippen molar-refractivity contribution in [1.29, 1.82) is 0 Å². The average Bonchev–Trinajstić information content (AvgIpc) is 3.40. The zero-order chi connectivity index (χ0) is 21.8. The smallest absolute Gasteiger partial charge is 0.350 e. The number of amides is 1. The van der Waals surface area contributed by atoms with E-state index < -0.39 is 0 Å². The lowest BCUT2D eigenvalue weighted by Gasteiger charge is -2.37. The Morgan fingerprint density at radius 3 is 2.25 bits per heavy atom. The van der Waals surface area contributed by atoms with Crippen molar-refractivity contribution >= 4 is 6.09 Å². The van der Waals surface area contributed by atoms with Gasteiger partial charge in [0.25, 0.3) is 0 Å². The van der Waals surface area contributed by atoms with Crippen molar-refractivity contribution in [1.82, 2.24) is 15.3 Å². The predicted molar refractivity (Wildman–Crippen MR) is 126 cm³/mol. The van der Waals surface area contributed by atoms with Crippen LogP contribution in [0.2, 0.25) is 0 Å². The van der Waals surface area contributed by atoms with Crippen LogP contribution in [0.3, 0.4) is 0 Å². The number of hydroxylamine groups is 2. The second-order valence-electron chi connectivity index (χ2n) is 9.68. The second-order valence-corrected chi connectivity index (χ2v) is 9.68. The number of carbonyl (C=O) groups is 1. The minimum Gasteiger partial charge on any atom is -0.350 e. The first-order valence-electron chi connectivity index (χ1n) is 12.3. The predicted octanol–water partition coefficient (Wildman–Crippen LogP) is 4.88. The summed E-state index contributed by atoms with van der Waals surface area (Å²) in [6.07, 6.45) is 7.53. The normalized spacial score (nSPS) is 25.7. The van der Waals surface area contributed by atoms with Gasteiger partial charge < -0.3 is 10.2 Å². The number of hydrogen-bond donors (Lipinski definition) is 1. The molecule has 5 rings (SSSR count). The third-order valence-electron chi connectivity index (χ3n) is 7.44. The van der Waals surface area contributed by atoms with E-state index in [0.717, 1.165) is 38.6 Å². The minimum absolute atomic E-state index is 0.314. The van der Waals surface area contributed by atoms with Gasteiger partial charge in [-0.1, -0.05) is 54.6 Å².